The van der Waals surface area contributed by atoms with Gasteiger partial charge in [-0.2, -0.15) is 0 Å². The molecule has 0 radical (unpaired) electrons. The third-order valence-corrected chi connectivity index (χ3v) is 4.63. The summed E-state index contributed by atoms with van der Waals surface area (Å²) in [6.07, 6.45) is 0.832. The van der Waals surface area contributed by atoms with E-state index in [0.29, 0.717) is 24.7 Å². The third kappa shape index (κ3) is 5.19. The standard InChI is InChI=1S/C22H26N2O5/c1-14(2)21(15-8-9-18-19(12-15)28-11-5-10-27-18)24-20(25)13-29-17-7-4-3-6-16(17)22(23)26/h3-4,6-9,12,14,21H,5,10-11,13H2,1-2H3,(H2,23,26)(H,24,25). The molecule has 1 aliphatic rings. The highest BCUT2D eigenvalue weighted by Gasteiger charge is 2.21. The summed E-state index contributed by atoms with van der Waals surface area (Å²) < 4.78 is 17.0. The van der Waals surface area contributed by atoms with Crippen molar-refractivity contribution >= 4 is 11.8 Å². The van der Waals surface area contributed by atoms with Crippen molar-refractivity contribution in [2.24, 2.45) is 11.7 Å². The van der Waals surface area contributed by atoms with Crippen molar-refractivity contribution in [3.8, 4) is 17.2 Å². The van der Waals surface area contributed by atoms with E-state index in [1.54, 1.807) is 24.3 Å². The van der Waals surface area contributed by atoms with Crippen LogP contribution in [0, 0.1) is 5.92 Å². The third-order valence-electron chi connectivity index (χ3n) is 4.63. The van der Waals surface area contributed by atoms with Crippen molar-refractivity contribution in [3.63, 3.8) is 0 Å². The predicted octanol–water partition coefficient (Wildman–Crippen LogP) is 2.84. The van der Waals surface area contributed by atoms with Crippen molar-refractivity contribution in [1.82, 2.24) is 5.32 Å². The van der Waals surface area contributed by atoms with Crippen molar-refractivity contribution in [2.45, 2.75) is 26.3 Å². The van der Waals surface area contributed by atoms with Crippen LogP contribution in [0.5, 0.6) is 17.2 Å². The van der Waals surface area contributed by atoms with E-state index in [0.717, 1.165) is 12.0 Å². The molecule has 0 spiro atoms. The number of carbonyl (C=O) groups excluding carboxylic acids is 2. The molecule has 2 aromatic rings. The van der Waals surface area contributed by atoms with Gasteiger partial charge in [-0.1, -0.05) is 32.0 Å². The smallest absolute Gasteiger partial charge is 0.258 e. The van der Waals surface area contributed by atoms with Crippen LogP contribution in [0.2, 0.25) is 0 Å². The van der Waals surface area contributed by atoms with Crippen LogP contribution in [0.15, 0.2) is 42.5 Å². The molecule has 1 unspecified atom stereocenters. The number of hydrogen-bond acceptors (Lipinski definition) is 5. The van der Waals surface area contributed by atoms with E-state index in [1.807, 2.05) is 32.0 Å². The normalized spacial score (nSPS) is 14.0. The maximum absolute atomic E-state index is 12.5. The largest absolute Gasteiger partial charge is 0.490 e. The highest BCUT2D eigenvalue weighted by atomic mass is 16.5. The van der Waals surface area contributed by atoms with Gasteiger partial charge in [0.05, 0.1) is 24.8 Å². The van der Waals surface area contributed by atoms with Gasteiger partial charge in [0, 0.05) is 6.42 Å². The van der Waals surface area contributed by atoms with Gasteiger partial charge in [-0.3, -0.25) is 9.59 Å². The van der Waals surface area contributed by atoms with E-state index in [-0.39, 0.29) is 35.8 Å². The van der Waals surface area contributed by atoms with Crippen LogP contribution in [0.3, 0.4) is 0 Å². The summed E-state index contributed by atoms with van der Waals surface area (Å²) >= 11 is 0. The molecular weight excluding hydrogens is 372 g/mol. The Hall–Kier alpha value is -3.22. The molecule has 3 N–H and O–H groups in total. The van der Waals surface area contributed by atoms with Gasteiger partial charge in [-0.25, -0.2) is 0 Å². The molecule has 7 nitrogen and oxygen atoms in total. The summed E-state index contributed by atoms with van der Waals surface area (Å²) in [5.74, 6) is 0.926. The molecule has 2 amide bonds. The summed E-state index contributed by atoms with van der Waals surface area (Å²) in [5, 5.41) is 3.00. The van der Waals surface area contributed by atoms with Gasteiger partial charge in [0.25, 0.3) is 11.8 Å². The first-order valence-corrected chi connectivity index (χ1v) is 9.66. The molecule has 0 aromatic heterocycles. The highest BCUT2D eigenvalue weighted by molar-refractivity contribution is 5.95. The molecule has 0 fully saturated rings. The van der Waals surface area contributed by atoms with Gasteiger partial charge < -0.3 is 25.3 Å². The first kappa shape index (κ1) is 20.5. The Kier molecular flexibility index (Phi) is 6.59. The quantitative estimate of drug-likeness (QED) is 0.747. The van der Waals surface area contributed by atoms with Crippen molar-refractivity contribution in [3.05, 3.63) is 53.6 Å². The summed E-state index contributed by atoms with van der Waals surface area (Å²) in [6.45, 7) is 5.05. The number of para-hydroxylation sites is 1. The second-order valence-corrected chi connectivity index (χ2v) is 7.19. The Morgan fingerprint density at radius 3 is 2.55 bits per heavy atom. The van der Waals surface area contributed by atoms with E-state index >= 15 is 0 Å². The molecule has 3 rings (SSSR count). The minimum absolute atomic E-state index is 0.140. The molecule has 2 aromatic carbocycles. The maximum Gasteiger partial charge on any atom is 0.258 e. The average molecular weight is 398 g/mol. The number of nitrogens with two attached hydrogens (primary N) is 1. The van der Waals surface area contributed by atoms with Crippen LogP contribution in [0.4, 0.5) is 0 Å². The number of hydrogen-bond donors (Lipinski definition) is 2. The van der Waals surface area contributed by atoms with Crippen molar-refractivity contribution in [2.75, 3.05) is 19.8 Å². The Labute approximate surface area is 170 Å². The molecule has 1 atom stereocenters. The Balaban J connectivity index is 1.69. The minimum Gasteiger partial charge on any atom is -0.490 e. The summed E-state index contributed by atoms with van der Waals surface area (Å²) in [7, 11) is 0. The maximum atomic E-state index is 12.5. The second-order valence-electron chi connectivity index (χ2n) is 7.19. The van der Waals surface area contributed by atoms with E-state index < -0.39 is 5.91 Å². The van der Waals surface area contributed by atoms with Gasteiger partial charge in [-0.05, 0) is 35.7 Å². The lowest BCUT2D eigenvalue weighted by Crippen LogP contribution is -2.35. The van der Waals surface area contributed by atoms with Gasteiger partial charge >= 0.3 is 0 Å². The van der Waals surface area contributed by atoms with Crippen LogP contribution in [-0.4, -0.2) is 31.6 Å². The average Bonchev–Trinajstić information content (AvgIpc) is 2.95. The van der Waals surface area contributed by atoms with Gasteiger partial charge in [-0.15, -0.1) is 0 Å². The number of ether oxygens (including phenoxy) is 3. The van der Waals surface area contributed by atoms with Gasteiger partial charge in [0.15, 0.2) is 18.1 Å². The fourth-order valence-corrected chi connectivity index (χ4v) is 3.16. The Morgan fingerprint density at radius 2 is 1.83 bits per heavy atom. The lowest BCUT2D eigenvalue weighted by atomic mass is 9.95. The summed E-state index contributed by atoms with van der Waals surface area (Å²) in [6, 6.07) is 12.1. The van der Waals surface area contributed by atoms with Crippen LogP contribution >= 0.6 is 0 Å². The number of carbonyl (C=O) groups is 2. The molecule has 154 valence electrons. The number of nitrogens with one attached hydrogen (secondary N) is 1. The molecule has 0 bridgehead atoms. The molecule has 29 heavy (non-hydrogen) atoms. The fourth-order valence-electron chi connectivity index (χ4n) is 3.16. The lowest BCUT2D eigenvalue weighted by molar-refractivity contribution is -0.124. The van der Waals surface area contributed by atoms with E-state index in [4.69, 9.17) is 19.9 Å². The fraction of sp³-hybridized carbons (Fsp3) is 0.364. The number of fused-ring (bicyclic) bond motifs is 1. The van der Waals surface area contributed by atoms with E-state index in [9.17, 15) is 9.59 Å². The van der Waals surface area contributed by atoms with E-state index in [1.165, 1.54) is 0 Å². The van der Waals surface area contributed by atoms with Crippen LogP contribution in [0.25, 0.3) is 0 Å². The zero-order valence-corrected chi connectivity index (χ0v) is 16.6. The number of primary amides is 1. The lowest BCUT2D eigenvalue weighted by Gasteiger charge is -2.24. The molecule has 0 saturated carbocycles. The minimum atomic E-state index is -0.603. The first-order valence-electron chi connectivity index (χ1n) is 9.66. The SMILES string of the molecule is CC(C)C(NC(=O)COc1ccccc1C(N)=O)c1ccc2c(c1)OCCCO2. The molecular formula is C22H26N2O5. The predicted molar refractivity (Wildman–Crippen MR) is 108 cm³/mol. The number of amides is 2. The number of benzene rings is 2. The van der Waals surface area contributed by atoms with Crippen LogP contribution in [0.1, 0.15) is 42.2 Å². The molecule has 1 aliphatic heterocycles. The van der Waals surface area contributed by atoms with Crippen molar-refractivity contribution < 1.29 is 23.8 Å². The first-order chi connectivity index (χ1) is 14.0. The molecule has 0 aliphatic carbocycles. The van der Waals surface area contributed by atoms with Crippen LogP contribution in [-0.2, 0) is 4.79 Å². The van der Waals surface area contributed by atoms with E-state index in [2.05, 4.69) is 5.32 Å². The number of rotatable bonds is 7. The van der Waals surface area contributed by atoms with Crippen molar-refractivity contribution in [1.29, 1.82) is 0 Å². The van der Waals surface area contributed by atoms with Crippen LogP contribution < -0.4 is 25.3 Å². The monoisotopic (exact) mass is 398 g/mol. The molecule has 0 saturated heterocycles. The van der Waals surface area contributed by atoms with Gasteiger partial charge in [0.2, 0.25) is 0 Å². The summed E-state index contributed by atoms with van der Waals surface area (Å²) in [4.78, 5) is 24.0. The molecule has 7 heteroatoms. The second kappa shape index (κ2) is 9.32. The Morgan fingerprint density at radius 1 is 1.10 bits per heavy atom. The van der Waals surface area contributed by atoms with Gasteiger partial charge in [0.1, 0.15) is 5.75 Å². The zero-order chi connectivity index (χ0) is 20.8. The highest BCUT2D eigenvalue weighted by Crippen LogP contribution is 2.34. The zero-order valence-electron chi connectivity index (χ0n) is 16.6. The Bertz CT molecular complexity index is 881. The topological polar surface area (TPSA) is 99.9 Å². The summed E-state index contributed by atoms with van der Waals surface area (Å²) in [5.41, 5.74) is 6.51. The molecule has 1 heterocycles.